The van der Waals surface area contributed by atoms with Crippen molar-refractivity contribution in [2.75, 3.05) is 11.1 Å². The van der Waals surface area contributed by atoms with Crippen LogP contribution in [0.2, 0.25) is 0 Å². The van der Waals surface area contributed by atoms with Crippen molar-refractivity contribution in [2.45, 2.75) is 71.7 Å². The smallest absolute Gasteiger partial charge is 0.235 e. The second kappa shape index (κ2) is 11.1. The topological polar surface area (TPSA) is 92.8 Å². The number of ether oxygens (including phenoxy) is 1. The Hall–Kier alpha value is -2.83. The number of carbonyl (C=O) groups is 1. The van der Waals surface area contributed by atoms with Crippen LogP contribution in [0, 0.1) is 22.7 Å². The van der Waals surface area contributed by atoms with E-state index in [4.69, 9.17) is 4.74 Å². The van der Waals surface area contributed by atoms with Gasteiger partial charge in [-0.3, -0.25) is 4.79 Å². The summed E-state index contributed by atoms with van der Waals surface area (Å²) in [6.45, 7) is 11.5. The van der Waals surface area contributed by atoms with Crippen LogP contribution in [0.3, 0.4) is 0 Å². The number of amides is 1. The maximum Gasteiger partial charge on any atom is 0.235 e. The summed E-state index contributed by atoms with van der Waals surface area (Å²) >= 11 is 2.90. The summed E-state index contributed by atoms with van der Waals surface area (Å²) in [5, 5.41) is 22.8. The molecule has 190 valence electrons. The van der Waals surface area contributed by atoms with Gasteiger partial charge in [-0.1, -0.05) is 50.7 Å². The summed E-state index contributed by atoms with van der Waals surface area (Å²) < 4.78 is 7.99. The van der Waals surface area contributed by atoms with Crippen LogP contribution in [0.4, 0.5) is 5.00 Å². The Balaban J connectivity index is 1.41. The zero-order chi connectivity index (χ0) is 25.9. The zero-order valence-corrected chi connectivity index (χ0v) is 23.1. The molecule has 1 aromatic carbocycles. The lowest BCUT2D eigenvalue weighted by Gasteiger charge is -2.33. The molecule has 0 fully saturated rings. The van der Waals surface area contributed by atoms with Gasteiger partial charge in [0.15, 0.2) is 17.1 Å². The van der Waals surface area contributed by atoms with Crippen molar-refractivity contribution in [3.8, 4) is 11.8 Å². The van der Waals surface area contributed by atoms with Gasteiger partial charge in [-0.2, -0.15) is 5.26 Å². The second-order valence-corrected chi connectivity index (χ2v) is 12.2. The lowest BCUT2D eigenvalue weighted by atomic mass is 9.72. The van der Waals surface area contributed by atoms with E-state index in [1.165, 1.54) is 16.6 Å². The van der Waals surface area contributed by atoms with E-state index in [1.54, 1.807) is 11.3 Å². The number of hydrogen-bond donors (Lipinski definition) is 1. The van der Waals surface area contributed by atoms with Gasteiger partial charge in [0.1, 0.15) is 16.8 Å². The standard InChI is InChI=1S/C27H33N5O2S2/c1-6-32-24(17(2)34-19-10-8-7-9-11-19)30-31-26(32)35-16-23(33)29-25-21(15-28)20-13-12-18(27(3,4)5)14-22(20)36-25/h7-11,17-18H,6,12-14,16H2,1-5H3,(H,29,33)/t17-,18-/m0/s1. The third-order valence-electron chi connectivity index (χ3n) is 6.67. The summed E-state index contributed by atoms with van der Waals surface area (Å²) in [7, 11) is 0. The fraction of sp³-hybridized carbons (Fsp3) is 0.481. The molecule has 0 aliphatic heterocycles. The Morgan fingerprint density at radius 3 is 2.75 bits per heavy atom. The highest BCUT2D eigenvalue weighted by atomic mass is 32.2. The normalized spacial score (nSPS) is 16.2. The molecule has 2 atom stereocenters. The van der Waals surface area contributed by atoms with Gasteiger partial charge in [0, 0.05) is 11.4 Å². The van der Waals surface area contributed by atoms with Crippen LogP contribution in [0.25, 0.3) is 0 Å². The lowest BCUT2D eigenvalue weighted by molar-refractivity contribution is -0.113. The lowest BCUT2D eigenvalue weighted by Crippen LogP contribution is -2.26. The number of fused-ring (bicyclic) bond motifs is 1. The quantitative estimate of drug-likeness (QED) is 0.351. The van der Waals surface area contributed by atoms with Gasteiger partial charge in [0.2, 0.25) is 5.91 Å². The fourth-order valence-electron chi connectivity index (χ4n) is 4.58. The van der Waals surface area contributed by atoms with Crippen LogP contribution < -0.4 is 10.1 Å². The van der Waals surface area contributed by atoms with Crippen LogP contribution in [-0.4, -0.2) is 26.4 Å². The van der Waals surface area contributed by atoms with E-state index in [0.717, 1.165) is 36.4 Å². The highest BCUT2D eigenvalue weighted by Crippen LogP contribution is 2.44. The molecule has 36 heavy (non-hydrogen) atoms. The second-order valence-electron chi connectivity index (χ2n) is 10.1. The molecule has 0 saturated heterocycles. The van der Waals surface area contributed by atoms with Crippen molar-refractivity contribution < 1.29 is 9.53 Å². The number of thiophene rings is 1. The minimum atomic E-state index is -0.282. The van der Waals surface area contributed by atoms with E-state index < -0.39 is 0 Å². The molecule has 1 aliphatic rings. The predicted octanol–water partition coefficient (Wildman–Crippen LogP) is 6.25. The molecule has 2 aromatic heterocycles. The van der Waals surface area contributed by atoms with Crippen molar-refractivity contribution in [3.63, 3.8) is 0 Å². The SMILES string of the molecule is CCn1c(SCC(=O)Nc2sc3c(c2C#N)CC[C@H](C(C)(C)C)C3)nnc1[C@H](C)Oc1ccccc1. The van der Waals surface area contributed by atoms with Gasteiger partial charge in [-0.05, 0) is 62.1 Å². The van der Waals surface area contributed by atoms with Crippen molar-refractivity contribution in [3.05, 3.63) is 52.2 Å². The molecular weight excluding hydrogens is 490 g/mol. The summed E-state index contributed by atoms with van der Waals surface area (Å²) in [6.07, 6.45) is 2.66. The van der Waals surface area contributed by atoms with Crippen molar-refractivity contribution >= 4 is 34.0 Å². The average molecular weight is 524 g/mol. The number of para-hydroxylation sites is 1. The van der Waals surface area contributed by atoms with E-state index in [-0.39, 0.29) is 23.2 Å². The molecule has 0 radical (unpaired) electrons. The number of anilines is 1. The minimum Gasteiger partial charge on any atom is -0.483 e. The number of nitrogens with zero attached hydrogens (tertiary/aromatic N) is 4. The third kappa shape index (κ3) is 5.76. The van der Waals surface area contributed by atoms with Crippen molar-refractivity contribution in [1.82, 2.24) is 14.8 Å². The Kier molecular flexibility index (Phi) is 8.06. The van der Waals surface area contributed by atoms with Crippen molar-refractivity contribution in [2.24, 2.45) is 11.3 Å². The first-order valence-electron chi connectivity index (χ1n) is 12.3. The molecule has 3 aromatic rings. The molecule has 9 heteroatoms. The summed E-state index contributed by atoms with van der Waals surface area (Å²) in [6, 6.07) is 12.0. The summed E-state index contributed by atoms with van der Waals surface area (Å²) in [5.41, 5.74) is 1.98. The molecule has 4 rings (SSSR count). The number of benzene rings is 1. The first-order valence-corrected chi connectivity index (χ1v) is 14.1. The zero-order valence-electron chi connectivity index (χ0n) is 21.5. The van der Waals surface area contributed by atoms with Crippen LogP contribution in [0.5, 0.6) is 5.75 Å². The summed E-state index contributed by atoms with van der Waals surface area (Å²) in [4.78, 5) is 14.1. The number of nitriles is 1. The Bertz CT molecular complexity index is 1250. The van der Waals surface area contributed by atoms with Gasteiger partial charge in [-0.25, -0.2) is 0 Å². The summed E-state index contributed by atoms with van der Waals surface area (Å²) in [5.74, 6) is 2.10. The van der Waals surface area contributed by atoms with Gasteiger partial charge >= 0.3 is 0 Å². The Morgan fingerprint density at radius 1 is 1.33 bits per heavy atom. The molecule has 1 aliphatic carbocycles. The number of thioether (sulfide) groups is 1. The minimum absolute atomic E-state index is 0.150. The molecular formula is C27H33N5O2S2. The van der Waals surface area contributed by atoms with Crippen LogP contribution in [0.15, 0.2) is 35.5 Å². The first kappa shape index (κ1) is 26.2. The number of nitrogens with one attached hydrogen (secondary N) is 1. The van der Waals surface area contributed by atoms with Gasteiger partial charge < -0.3 is 14.6 Å². The number of aromatic nitrogens is 3. The Labute approximate surface area is 221 Å². The molecule has 0 saturated carbocycles. The van der Waals surface area contributed by atoms with E-state index in [9.17, 15) is 10.1 Å². The van der Waals surface area contributed by atoms with Crippen LogP contribution in [-0.2, 0) is 24.2 Å². The molecule has 1 amide bonds. The number of carbonyl (C=O) groups excluding carboxylic acids is 1. The highest BCUT2D eigenvalue weighted by Gasteiger charge is 2.32. The molecule has 0 bridgehead atoms. The monoisotopic (exact) mass is 523 g/mol. The molecule has 0 unspecified atom stereocenters. The Morgan fingerprint density at radius 2 is 2.08 bits per heavy atom. The number of hydrogen-bond acceptors (Lipinski definition) is 7. The first-order chi connectivity index (χ1) is 17.2. The predicted molar refractivity (Wildman–Crippen MR) is 145 cm³/mol. The molecule has 0 spiro atoms. The van der Waals surface area contributed by atoms with Gasteiger partial charge in [0.05, 0.1) is 11.3 Å². The van der Waals surface area contributed by atoms with E-state index in [1.807, 2.05) is 48.7 Å². The maximum absolute atomic E-state index is 12.9. The molecule has 2 heterocycles. The highest BCUT2D eigenvalue weighted by molar-refractivity contribution is 7.99. The average Bonchev–Trinajstić information content (AvgIpc) is 3.42. The molecule has 7 nitrogen and oxygen atoms in total. The van der Waals surface area contributed by atoms with E-state index >= 15 is 0 Å². The van der Waals surface area contributed by atoms with Crippen LogP contribution in [0.1, 0.15) is 69.0 Å². The maximum atomic E-state index is 12.9. The van der Waals surface area contributed by atoms with Gasteiger partial charge in [-0.15, -0.1) is 21.5 Å². The third-order valence-corrected chi connectivity index (χ3v) is 8.81. The van der Waals surface area contributed by atoms with Crippen molar-refractivity contribution in [1.29, 1.82) is 5.26 Å². The molecule has 1 N–H and O–H groups in total. The van der Waals surface area contributed by atoms with Gasteiger partial charge in [0.25, 0.3) is 0 Å². The van der Waals surface area contributed by atoms with Crippen LogP contribution >= 0.6 is 23.1 Å². The van der Waals surface area contributed by atoms with E-state index in [0.29, 0.717) is 28.2 Å². The number of rotatable bonds is 8. The fourth-order valence-corrected chi connectivity index (χ4v) is 6.69. The largest absolute Gasteiger partial charge is 0.483 e. The van der Waals surface area contributed by atoms with E-state index in [2.05, 4.69) is 42.4 Å².